The highest BCUT2D eigenvalue weighted by molar-refractivity contribution is 6.30. The lowest BCUT2D eigenvalue weighted by Gasteiger charge is -2.11. The monoisotopic (exact) mass is 369 g/mol. The number of benzene rings is 2. The van der Waals surface area contributed by atoms with E-state index in [0.29, 0.717) is 29.4 Å². The normalized spacial score (nSPS) is 16.4. The van der Waals surface area contributed by atoms with Gasteiger partial charge in [0.05, 0.1) is 5.71 Å². The molecule has 6 heteroatoms. The molecule has 2 aromatic carbocycles. The third-order valence-corrected chi connectivity index (χ3v) is 4.52. The van der Waals surface area contributed by atoms with Crippen LogP contribution in [0.25, 0.3) is 11.0 Å². The van der Waals surface area contributed by atoms with E-state index in [1.807, 2.05) is 43.3 Å². The first-order valence-corrected chi connectivity index (χ1v) is 8.62. The van der Waals surface area contributed by atoms with Gasteiger partial charge >= 0.3 is 5.63 Å². The third-order valence-electron chi connectivity index (χ3n) is 4.27. The summed E-state index contributed by atoms with van der Waals surface area (Å²) in [5, 5.41) is 5.71. The second kappa shape index (κ2) is 6.84. The summed E-state index contributed by atoms with van der Waals surface area (Å²) in [7, 11) is 0. The van der Waals surface area contributed by atoms with Crippen molar-refractivity contribution in [3.05, 3.63) is 75.1 Å². The number of hydrogen-bond acceptors (Lipinski definition) is 5. The van der Waals surface area contributed by atoms with Crippen molar-refractivity contribution in [3.63, 3.8) is 0 Å². The largest absolute Gasteiger partial charge is 0.489 e. The third kappa shape index (κ3) is 3.44. The zero-order valence-corrected chi connectivity index (χ0v) is 14.8. The lowest BCUT2D eigenvalue weighted by atomic mass is 10.1. The maximum atomic E-state index is 11.5. The molecule has 0 aliphatic carbocycles. The summed E-state index contributed by atoms with van der Waals surface area (Å²) in [6, 6.07) is 14.4. The smallest absolute Gasteiger partial charge is 0.336 e. The fraction of sp³-hybridized carbons (Fsp3) is 0.200. The van der Waals surface area contributed by atoms with Crippen LogP contribution in [0.3, 0.4) is 0 Å². The van der Waals surface area contributed by atoms with Crippen LogP contribution in [0.5, 0.6) is 5.75 Å². The molecule has 0 radical (unpaired) electrons. The van der Waals surface area contributed by atoms with Gasteiger partial charge in [-0.3, -0.25) is 0 Å². The van der Waals surface area contributed by atoms with Gasteiger partial charge in [0.2, 0.25) is 0 Å². The fourth-order valence-electron chi connectivity index (χ4n) is 2.91. The second-order valence-corrected chi connectivity index (χ2v) is 6.63. The molecule has 0 saturated carbocycles. The molecule has 0 saturated heterocycles. The molecule has 1 aromatic heterocycles. The van der Waals surface area contributed by atoms with E-state index in [-0.39, 0.29) is 11.7 Å². The lowest BCUT2D eigenvalue weighted by molar-refractivity contribution is 0.0471. The van der Waals surface area contributed by atoms with Crippen molar-refractivity contribution in [2.75, 3.05) is 6.61 Å². The first kappa shape index (κ1) is 16.7. The molecule has 1 aliphatic heterocycles. The molecule has 26 heavy (non-hydrogen) atoms. The van der Waals surface area contributed by atoms with E-state index in [2.05, 4.69) is 5.16 Å². The molecule has 0 N–H and O–H groups in total. The van der Waals surface area contributed by atoms with Crippen LogP contribution in [0.4, 0.5) is 0 Å². The van der Waals surface area contributed by atoms with E-state index in [1.165, 1.54) is 6.07 Å². The Hall–Kier alpha value is -2.79. The summed E-state index contributed by atoms with van der Waals surface area (Å²) in [4.78, 5) is 17.0. The van der Waals surface area contributed by atoms with Gasteiger partial charge < -0.3 is 14.0 Å². The number of oxime groups is 1. The van der Waals surface area contributed by atoms with Gasteiger partial charge in [0.1, 0.15) is 17.9 Å². The van der Waals surface area contributed by atoms with Crippen molar-refractivity contribution in [2.24, 2.45) is 5.16 Å². The van der Waals surface area contributed by atoms with Crippen LogP contribution >= 0.6 is 11.6 Å². The van der Waals surface area contributed by atoms with Gasteiger partial charge in [-0.2, -0.15) is 0 Å². The van der Waals surface area contributed by atoms with Crippen molar-refractivity contribution >= 4 is 28.3 Å². The SMILES string of the molecule is Cc1cc(=O)oc2cc(OC[C@H]3CC(c4ccc(Cl)cc4)=NO3)ccc12. The predicted molar refractivity (Wildman–Crippen MR) is 100 cm³/mol. The Morgan fingerprint density at radius 3 is 2.81 bits per heavy atom. The molecular weight excluding hydrogens is 354 g/mol. The highest BCUT2D eigenvalue weighted by Gasteiger charge is 2.23. The summed E-state index contributed by atoms with van der Waals surface area (Å²) in [6.07, 6.45) is 0.490. The molecular formula is C20H16ClNO4. The molecule has 0 bridgehead atoms. The zero-order chi connectivity index (χ0) is 18.1. The summed E-state index contributed by atoms with van der Waals surface area (Å²) >= 11 is 5.91. The van der Waals surface area contributed by atoms with Crippen LogP contribution in [0, 0.1) is 6.92 Å². The molecule has 1 aliphatic rings. The number of hydrogen-bond donors (Lipinski definition) is 0. The van der Waals surface area contributed by atoms with E-state index in [0.717, 1.165) is 22.2 Å². The summed E-state index contributed by atoms with van der Waals surface area (Å²) in [5.41, 5.74) is 2.88. The van der Waals surface area contributed by atoms with Gasteiger partial charge in [0.15, 0.2) is 6.10 Å². The van der Waals surface area contributed by atoms with Gasteiger partial charge in [-0.25, -0.2) is 4.79 Å². The number of rotatable bonds is 4. The van der Waals surface area contributed by atoms with E-state index in [9.17, 15) is 4.79 Å². The van der Waals surface area contributed by atoms with Crippen molar-refractivity contribution in [1.29, 1.82) is 0 Å². The van der Waals surface area contributed by atoms with Crippen LogP contribution in [0.15, 0.2) is 62.9 Å². The molecule has 0 spiro atoms. The topological polar surface area (TPSA) is 61.0 Å². The van der Waals surface area contributed by atoms with Crippen LogP contribution in [-0.2, 0) is 4.84 Å². The van der Waals surface area contributed by atoms with Crippen molar-refractivity contribution in [2.45, 2.75) is 19.4 Å². The van der Waals surface area contributed by atoms with E-state index in [1.54, 1.807) is 6.07 Å². The molecule has 2 heterocycles. The van der Waals surface area contributed by atoms with Gasteiger partial charge in [-0.15, -0.1) is 0 Å². The Morgan fingerprint density at radius 1 is 1.19 bits per heavy atom. The Kier molecular flexibility index (Phi) is 4.39. The second-order valence-electron chi connectivity index (χ2n) is 6.19. The van der Waals surface area contributed by atoms with Crippen LogP contribution in [0.2, 0.25) is 5.02 Å². The van der Waals surface area contributed by atoms with Crippen molar-refractivity contribution in [1.82, 2.24) is 0 Å². The number of ether oxygens (including phenoxy) is 1. The minimum absolute atomic E-state index is 0.166. The van der Waals surface area contributed by atoms with Crippen LogP contribution < -0.4 is 10.4 Å². The van der Waals surface area contributed by atoms with Gasteiger partial charge in [0, 0.05) is 29.0 Å². The summed E-state index contributed by atoms with van der Waals surface area (Å²) in [5.74, 6) is 0.620. The first-order valence-electron chi connectivity index (χ1n) is 8.24. The highest BCUT2D eigenvalue weighted by Crippen LogP contribution is 2.24. The Bertz CT molecular complexity index is 1040. The average molecular weight is 370 g/mol. The highest BCUT2D eigenvalue weighted by atomic mass is 35.5. The molecule has 132 valence electrons. The van der Waals surface area contributed by atoms with Gasteiger partial charge in [0.25, 0.3) is 0 Å². The molecule has 0 fully saturated rings. The van der Waals surface area contributed by atoms with E-state index < -0.39 is 0 Å². The molecule has 5 nitrogen and oxygen atoms in total. The maximum Gasteiger partial charge on any atom is 0.336 e. The Labute approximate surface area is 154 Å². The molecule has 1 atom stereocenters. The fourth-order valence-corrected chi connectivity index (χ4v) is 3.04. The molecule has 4 rings (SSSR count). The number of aryl methyl sites for hydroxylation is 1. The molecule has 3 aromatic rings. The minimum Gasteiger partial charge on any atom is -0.489 e. The summed E-state index contributed by atoms with van der Waals surface area (Å²) in [6.45, 7) is 2.23. The first-order chi connectivity index (χ1) is 12.6. The molecule has 0 unspecified atom stereocenters. The Balaban J connectivity index is 1.41. The van der Waals surface area contributed by atoms with Crippen molar-refractivity contribution in [3.8, 4) is 5.75 Å². The quantitative estimate of drug-likeness (QED) is 0.642. The average Bonchev–Trinajstić information content (AvgIpc) is 3.09. The number of nitrogens with zero attached hydrogens (tertiary/aromatic N) is 1. The van der Waals surface area contributed by atoms with Crippen LogP contribution in [0.1, 0.15) is 17.5 Å². The zero-order valence-electron chi connectivity index (χ0n) is 14.1. The van der Waals surface area contributed by atoms with E-state index in [4.69, 9.17) is 25.6 Å². The molecule has 0 amide bonds. The maximum absolute atomic E-state index is 11.5. The van der Waals surface area contributed by atoms with Crippen molar-refractivity contribution < 1.29 is 14.0 Å². The van der Waals surface area contributed by atoms with Gasteiger partial charge in [-0.05, 0) is 42.3 Å². The Morgan fingerprint density at radius 2 is 2.00 bits per heavy atom. The summed E-state index contributed by atoms with van der Waals surface area (Å²) < 4.78 is 11.0. The lowest BCUT2D eigenvalue weighted by Crippen LogP contribution is -2.18. The number of halogens is 1. The standard InChI is InChI=1S/C20H16ClNO4/c1-12-8-20(23)25-19-10-15(6-7-17(12)19)24-11-16-9-18(22-26-16)13-2-4-14(21)5-3-13/h2-8,10,16H,9,11H2,1H3/t16-/m1/s1. The predicted octanol–water partition coefficient (Wildman–Crippen LogP) is 4.33. The number of fused-ring (bicyclic) bond motifs is 1. The minimum atomic E-state index is -0.368. The van der Waals surface area contributed by atoms with E-state index >= 15 is 0 Å². The van der Waals surface area contributed by atoms with Gasteiger partial charge in [-0.1, -0.05) is 28.9 Å². The van der Waals surface area contributed by atoms with Crippen LogP contribution in [-0.4, -0.2) is 18.4 Å².